The van der Waals surface area contributed by atoms with Gasteiger partial charge in [-0.05, 0) is 54.4 Å². The van der Waals surface area contributed by atoms with E-state index in [0.717, 1.165) is 12.1 Å². The van der Waals surface area contributed by atoms with Crippen molar-refractivity contribution in [1.82, 2.24) is 20.3 Å². The van der Waals surface area contributed by atoms with Crippen LogP contribution in [0, 0.1) is 17.6 Å². The van der Waals surface area contributed by atoms with E-state index in [0.29, 0.717) is 5.69 Å². The molecular weight excluding hydrogens is 434 g/mol. The van der Waals surface area contributed by atoms with Gasteiger partial charge in [-0.1, -0.05) is 13.8 Å². The maximum atomic E-state index is 13.1. The Bertz CT molecular complexity index is 1120. The van der Waals surface area contributed by atoms with E-state index in [4.69, 9.17) is 10.5 Å². The fourth-order valence-electron chi connectivity index (χ4n) is 2.77. The number of nitrogens with two attached hydrogens (primary N) is 1. The molecule has 4 N–H and O–H groups in total. The number of esters is 1. The Morgan fingerprint density at radius 3 is 2.18 bits per heavy atom. The number of benzene rings is 2. The van der Waals surface area contributed by atoms with Gasteiger partial charge in [-0.15, -0.1) is 0 Å². The Morgan fingerprint density at radius 1 is 0.970 bits per heavy atom. The molecule has 0 aliphatic carbocycles. The molecule has 0 unspecified atom stereocenters. The summed E-state index contributed by atoms with van der Waals surface area (Å²) in [7, 11) is 0. The highest BCUT2D eigenvalue weighted by atomic mass is 19.1. The highest BCUT2D eigenvalue weighted by molar-refractivity contribution is 5.96. The number of hydrogen-bond donors (Lipinski definition) is 3. The normalized spacial score (nSPS) is 11.7. The molecule has 2 aromatic carbocycles. The molecule has 3 rings (SSSR count). The van der Waals surface area contributed by atoms with Gasteiger partial charge in [0.1, 0.15) is 17.7 Å². The third kappa shape index (κ3) is 6.66. The number of nitrogens with zero attached hydrogens (tertiary/aromatic N) is 3. The summed E-state index contributed by atoms with van der Waals surface area (Å²) in [6.45, 7) is 3.16. The monoisotopic (exact) mass is 456 g/mol. The van der Waals surface area contributed by atoms with E-state index < -0.39 is 29.6 Å². The van der Waals surface area contributed by atoms with Gasteiger partial charge in [0, 0.05) is 11.3 Å². The Hall–Kier alpha value is -4.15. The van der Waals surface area contributed by atoms with Gasteiger partial charge in [0.15, 0.2) is 12.4 Å². The van der Waals surface area contributed by atoms with Gasteiger partial charge in [-0.25, -0.2) is 13.6 Å². The van der Waals surface area contributed by atoms with Crippen LogP contribution in [0.4, 0.5) is 26.4 Å². The number of nitrogen functional groups attached to an aromatic ring is 1. The van der Waals surface area contributed by atoms with Crippen LogP contribution in [0.1, 0.15) is 30.0 Å². The van der Waals surface area contributed by atoms with Gasteiger partial charge in [-0.3, -0.25) is 4.79 Å². The highest BCUT2D eigenvalue weighted by Crippen LogP contribution is 2.15. The summed E-state index contributed by atoms with van der Waals surface area (Å²) in [4.78, 5) is 37.1. The van der Waals surface area contributed by atoms with Gasteiger partial charge < -0.3 is 21.1 Å². The molecule has 1 amide bonds. The highest BCUT2D eigenvalue weighted by Gasteiger charge is 2.26. The summed E-state index contributed by atoms with van der Waals surface area (Å²) >= 11 is 0. The molecule has 0 spiro atoms. The van der Waals surface area contributed by atoms with Crippen molar-refractivity contribution in [3.8, 4) is 0 Å². The number of aromatic nitrogens is 3. The first-order chi connectivity index (χ1) is 15.7. The molecule has 33 heavy (non-hydrogen) atoms. The average Bonchev–Trinajstić information content (AvgIpc) is 2.77. The summed E-state index contributed by atoms with van der Waals surface area (Å²) in [6, 6.07) is 9.49. The van der Waals surface area contributed by atoms with Crippen LogP contribution in [0.25, 0.3) is 0 Å². The SMILES string of the molecule is CC(C)[C@H](NC(=O)c1ccc(F)cc1)C(=O)OCc1nc(N)nc(Nc2ccc(F)cc2)n1. The minimum Gasteiger partial charge on any atom is -0.456 e. The number of amides is 1. The maximum Gasteiger partial charge on any atom is 0.329 e. The summed E-state index contributed by atoms with van der Waals surface area (Å²) in [5, 5.41) is 5.45. The third-order valence-corrected chi connectivity index (χ3v) is 4.46. The van der Waals surface area contributed by atoms with Crippen LogP contribution in [-0.4, -0.2) is 32.9 Å². The van der Waals surface area contributed by atoms with Crippen LogP contribution < -0.4 is 16.4 Å². The Balaban J connectivity index is 1.64. The molecule has 0 fully saturated rings. The minimum absolute atomic E-state index is 0.0767. The zero-order valence-electron chi connectivity index (χ0n) is 17.9. The number of nitrogens with one attached hydrogen (secondary N) is 2. The predicted octanol–water partition coefficient (Wildman–Crippen LogP) is 2.97. The van der Waals surface area contributed by atoms with E-state index >= 15 is 0 Å². The van der Waals surface area contributed by atoms with Crippen molar-refractivity contribution in [1.29, 1.82) is 0 Å². The van der Waals surface area contributed by atoms with Crippen molar-refractivity contribution in [2.24, 2.45) is 5.92 Å². The standard InChI is InChI=1S/C22H22F2N6O3/c1-12(2)18(29-19(31)13-3-5-14(23)6-4-13)20(32)33-11-17-27-21(25)30-22(28-17)26-16-9-7-15(24)8-10-16/h3-10,12,18H,11H2,1-2H3,(H,29,31)(H3,25,26,27,28,30)/t18-/m0/s1. The van der Waals surface area contributed by atoms with E-state index in [2.05, 4.69) is 25.6 Å². The molecule has 0 aliphatic heterocycles. The summed E-state index contributed by atoms with van der Waals surface area (Å²) < 4.78 is 31.4. The molecule has 172 valence electrons. The summed E-state index contributed by atoms with van der Waals surface area (Å²) in [5.41, 5.74) is 6.43. The molecule has 0 radical (unpaired) electrons. The van der Waals surface area contributed by atoms with Gasteiger partial charge in [0.05, 0.1) is 0 Å². The van der Waals surface area contributed by atoms with Crippen molar-refractivity contribution < 1.29 is 23.1 Å². The predicted molar refractivity (Wildman–Crippen MR) is 116 cm³/mol. The van der Waals surface area contributed by atoms with E-state index in [9.17, 15) is 18.4 Å². The zero-order chi connectivity index (χ0) is 24.0. The largest absolute Gasteiger partial charge is 0.456 e. The first-order valence-corrected chi connectivity index (χ1v) is 9.97. The fraction of sp³-hybridized carbons (Fsp3) is 0.227. The number of carbonyl (C=O) groups is 2. The van der Waals surface area contributed by atoms with Crippen LogP contribution in [-0.2, 0) is 16.1 Å². The number of anilines is 3. The fourth-order valence-corrected chi connectivity index (χ4v) is 2.77. The molecule has 9 nitrogen and oxygen atoms in total. The lowest BCUT2D eigenvalue weighted by Crippen LogP contribution is -2.45. The molecule has 0 bridgehead atoms. The van der Waals surface area contributed by atoms with Crippen LogP contribution >= 0.6 is 0 Å². The molecular formula is C22H22F2N6O3. The minimum atomic E-state index is -0.960. The van der Waals surface area contributed by atoms with Crippen molar-refractivity contribution in [3.05, 3.63) is 71.6 Å². The Kier molecular flexibility index (Phi) is 7.44. The Morgan fingerprint density at radius 2 is 1.58 bits per heavy atom. The van der Waals surface area contributed by atoms with Crippen molar-refractivity contribution in [3.63, 3.8) is 0 Å². The van der Waals surface area contributed by atoms with Gasteiger partial charge in [0.2, 0.25) is 11.9 Å². The number of hydrogen-bond acceptors (Lipinski definition) is 8. The lowest BCUT2D eigenvalue weighted by atomic mass is 10.0. The van der Waals surface area contributed by atoms with Crippen molar-refractivity contribution >= 4 is 29.5 Å². The first-order valence-electron chi connectivity index (χ1n) is 9.97. The number of rotatable bonds is 8. The topological polar surface area (TPSA) is 132 Å². The zero-order valence-corrected chi connectivity index (χ0v) is 17.9. The lowest BCUT2D eigenvalue weighted by molar-refractivity contribution is -0.148. The van der Waals surface area contributed by atoms with E-state index in [1.165, 1.54) is 36.4 Å². The molecule has 11 heteroatoms. The smallest absolute Gasteiger partial charge is 0.329 e. The first kappa shape index (κ1) is 23.5. The van der Waals surface area contributed by atoms with E-state index in [1.807, 2.05) is 0 Å². The molecule has 1 heterocycles. The molecule has 0 saturated carbocycles. The average molecular weight is 456 g/mol. The third-order valence-electron chi connectivity index (χ3n) is 4.46. The molecule has 0 aliphatic rings. The van der Waals surface area contributed by atoms with E-state index in [1.54, 1.807) is 13.8 Å². The molecule has 0 saturated heterocycles. The number of ether oxygens (including phenoxy) is 1. The van der Waals surface area contributed by atoms with Crippen LogP contribution in [0.3, 0.4) is 0 Å². The van der Waals surface area contributed by atoms with Gasteiger partial charge >= 0.3 is 5.97 Å². The number of halogens is 2. The van der Waals surface area contributed by atoms with Crippen LogP contribution in [0.5, 0.6) is 0 Å². The summed E-state index contributed by atoms with van der Waals surface area (Å²) in [5.74, 6) is -2.34. The van der Waals surface area contributed by atoms with Crippen molar-refractivity contribution in [2.45, 2.75) is 26.5 Å². The van der Waals surface area contributed by atoms with Crippen LogP contribution in [0.2, 0.25) is 0 Å². The molecule has 3 aromatic rings. The maximum absolute atomic E-state index is 13.1. The second kappa shape index (κ2) is 10.4. The molecule has 1 atom stereocenters. The second-order valence-electron chi connectivity index (χ2n) is 7.38. The Labute approximate surface area is 188 Å². The summed E-state index contributed by atoms with van der Waals surface area (Å²) in [6.07, 6.45) is 0. The molecule has 1 aromatic heterocycles. The number of carbonyl (C=O) groups excluding carboxylic acids is 2. The second-order valence-corrected chi connectivity index (χ2v) is 7.38. The quantitative estimate of drug-likeness (QED) is 0.441. The van der Waals surface area contributed by atoms with Crippen LogP contribution in [0.15, 0.2) is 48.5 Å². The van der Waals surface area contributed by atoms with Gasteiger partial charge in [0.25, 0.3) is 5.91 Å². The lowest BCUT2D eigenvalue weighted by Gasteiger charge is -2.20. The van der Waals surface area contributed by atoms with Crippen molar-refractivity contribution in [2.75, 3.05) is 11.1 Å². The van der Waals surface area contributed by atoms with Gasteiger partial charge in [-0.2, -0.15) is 15.0 Å². The van der Waals surface area contributed by atoms with E-state index in [-0.39, 0.29) is 35.8 Å².